The number of carbonyl (C=O) groups excluding carboxylic acids is 1. The molecule has 0 atom stereocenters. The molecule has 0 aliphatic rings. The van der Waals surface area contributed by atoms with Crippen LogP contribution >= 0.6 is 0 Å². The number of rotatable bonds is 4. The lowest BCUT2D eigenvalue weighted by Crippen LogP contribution is -2.13. The molecule has 1 heterocycles. The molecule has 134 valence electrons. The maximum Gasteiger partial charge on any atom is 0.256 e. The number of hydrogen-bond acceptors (Lipinski definition) is 2. The number of carbonyl (C=O) groups is 1. The second kappa shape index (κ2) is 7.08. The lowest BCUT2D eigenvalue weighted by Gasteiger charge is -2.07. The SMILES string of the molecule is Cc1ccc(C(=O)Nc2ccn(Cc3cccc4ccccc34)n2)cc1C. The largest absolute Gasteiger partial charge is 0.305 e. The first-order chi connectivity index (χ1) is 13.1. The van der Waals surface area contributed by atoms with Gasteiger partial charge in [0.25, 0.3) is 5.91 Å². The van der Waals surface area contributed by atoms with Gasteiger partial charge in [0.2, 0.25) is 0 Å². The maximum absolute atomic E-state index is 12.5. The van der Waals surface area contributed by atoms with Crippen molar-refractivity contribution < 1.29 is 4.79 Å². The maximum atomic E-state index is 12.5. The van der Waals surface area contributed by atoms with E-state index in [0.29, 0.717) is 17.9 Å². The molecule has 0 saturated heterocycles. The van der Waals surface area contributed by atoms with E-state index in [1.807, 2.05) is 61.1 Å². The number of hydrogen-bond donors (Lipinski definition) is 1. The van der Waals surface area contributed by atoms with E-state index in [2.05, 4.69) is 40.7 Å². The number of nitrogens with zero attached hydrogens (tertiary/aromatic N) is 2. The second-order valence-electron chi connectivity index (χ2n) is 6.79. The second-order valence-corrected chi connectivity index (χ2v) is 6.79. The van der Waals surface area contributed by atoms with Crippen LogP contribution in [0.25, 0.3) is 10.8 Å². The molecular formula is C23H21N3O. The predicted molar refractivity (Wildman–Crippen MR) is 109 cm³/mol. The van der Waals surface area contributed by atoms with E-state index in [0.717, 1.165) is 5.56 Å². The molecule has 3 aromatic carbocycles. The normalized spacial score (nSPS) is 10.9. The summed E-state index contributed by atoms with van der Waals surface area (Å²) >= 11 is 0. The molecule has 27 heavy (non-hydrogen) atoms. The van der Waals surface area contributed by atoms with Crippen LogP contribution in [0.4, 0.5) is 5.82 Å². The van der Waals surface area contributed by atoms with Crippen molar-refractivity contribution in [3.63, 3.8) is 0 Å². The number of benzene rings is 3. The van der Waals surface area contributed by atoms with Gasteiger partial charge >= 0.3 is 0 Å². The quantitative estimate of drug-likeness (QED) is 0.563. The van der Waals surface area contributed by atoms with Crippen LogP contribution in [0.15, 0.2) is 72.9 Å². The predicted octanol–water partition coefficient (Wildman–Crippen LogP) is 4.95. The van der Waals surface area contributed by atoms with Gasteiger partial charge in [-0.2, -0.15) is 5.10 Å². The first-order valence-electron chi connectivity index (χ1n) is 8.99. The van der Waals surface area contributed by atoms with Crippen LogP contribution in [0, 0.1) is 13.8 Å². The smallest absolute Gasteiger partial charge is 0.256 e. The van der Waals surface area contributed by atoms with Crippen LogP contribution in [0.5, 0.6) is 0 Å². The van der Waals surface area contributed by atoms with Gasteiger partial charge in [-0.1, -0.05) is 48.5 Å². The van der Waals surface area contributed by atoms with Crippen molar-refractivity contribution in [2.24, 2.45) is 0 Å². The summed E-state index contributed by atoms with van der Waals surface area (Å²) in [4.78, 5) is 12.5. The highest BCUT2D eigenvalue weighted by atomic mass is 16.1. The number of fused-ring (bicyclic) bond motifs is 1. The number of aromatic nitrogens is 2. The van der Waals surface area contributed by atoms with Crippen LogP contribution in [0.3, 0.4) is 0 Å². The van der Waals surface area contributed by atoms with E-state index in [-0.39, 0.29) is 5.91 Å². The first kappa shape index (κ1) is 17.0. The fraction of sp³-hybridized carbons (Fsp3) is 0.130. The molecular weight excluding hydrogens is 334 g/mol. The van der Waals surface area contributed by atoms with Gasteiger partial charge in [0.1, 0.15) is 0 Å². The van der Waals surface area contributed by atoms with Gasteiger partial charge in [-0.05, 0) is 53.4 Å². The van der Waals surface area contributed by atoms with Crippen molar-refractivity contribution in [3.05, 3.63) is 95.2 Å². The van der Waals surface area contributed by atoms with Crippen molar-refractivity contribution >= 4 is 22.5 Å². The third-order valence-corrected chi connectivity index (χ3v) is 4.86. The highest BCUT2D eigenvalue weighted by Crippen LogP contribution is 2.20. The van der Waals surface area contributed by atoms with Crippen LogP contribution in [0.2, 0.25) is 0 Å². The molecule has 4 rings (SSSR count). The molecule has 1 aromatic heterocycles. The molecule has 0 fully saturated rings. The summed E-state index contributed by atoms with van der Waals surface area (Å²) in [7, 11) is 0. The minimum Gasteiger partial charge on any atom is -0.305 e. The Morgan fingerprint density at radius 1 is 0.963 bits per heavy atom. The summed E-state index contributed by atoms with van der Waals surface area (Å²) < 4.78 is 1.85. The first-order valence-corrected chi connectivity index (χ1v) is 8.99. The Bertz CT molecular complexity index is 1120. The van der Waals surface area contributed by atoms with Crippen molar-refractivity contribution in [2.45, 2.75) is 20.4 Å². The van der Waals surface area contributed by atoms with Crippen LogP contribution in [-0.2, 0) is 6.54 Å². The third-order valence-electron chi connectivity index (χ3n) is 4.86. The highest BCUT2D eigenvalue weighted by molar-refractivity contribution is 6.03. The van der Waals surface area contributed by atoms with Gasteiger partial charge in [-0.15, -0.1) is 0 Å². The van der Waals surface area contributed by atoms with Gasteiger partial charge in [0, 0.05) is 17.8 Å². The minimum absolute atomic E-state index is 0.145. The van der Waals surface area contributed by atoms with Gasteiger partial charge in [-0.25, -0.2) is 0 Å². The van der Waals surface area contributed by atoms with Gasteiger partial charge < -0.3 is 5.32 Å². The van der Waals surface area contributed by atoms with Gasteiger partial charge in [0.05, 0.1) is 6.54 Å². The summed E-state index contributed by atoms with van der Waals surface area (Å²) in [5.74, 6) is 0.409. The number of nitrogens with one attached hydrogen (secondary N) is 1. The van der Waals surface area contributed by atoms with Gasteiger partial charge in [-0.3, -0.25) is 9.48 Å². The van der Waals surface area contributed by atoms with E-state index in [4.69, 9.17) is 0 Å². The van der Waals surface area contributed by atoms with E-state index < -0.39 is 0 Å². The van der Waals surface area contributed by atoms with E-state index >= 15 is 0 Å². The summed E-state index contributed by atoms with van der Waals surface area (Å²) in [5, 5.41) is 9.81. The molecule has 4 nitrogen and oxygen atoms in total. The van der Waals surface area contributed by atoms with Crippen molar-refractivity contribution in [2.75, 3.05) is 5.32 Å². The molecule has 0 unspecified atom stereocenters. The Morgan fingerprint density at radius 2 is 1.78 bits per heavy atom. The van der Waals surface area contributed by atoms with Gasteiger partial charge in [0.15, 0.2) is 5.82 Å². The molecule has 0 spiro atoms. The molecule has 0 radical (unpaired) electrons. The molecule has 0 saturated carbocycles. The average molecular weight is 355 g/mol. The summed E-state index contributed by atoms with van der Waals surface area (Å²) in [5.41, 5.74) is 4.11. The Hall–Kier alpha value is -3.40. The van der Waals surface area contributed by atoms with Crippen molar-refractivity contribution in [1.29, 1.82) is 0 Å². The minimum atomic E-state index is -0.145. The molecule has 0 aliphatic heterocycles. The Labute approximate surface area is 158 Å². The van der Waals surface area contributed by atoms with Crippen molar-refractivity contribution in [3.8, 4) is 0 Å². The average Bonchev–Trinajstić information content (AvgIpc) is 3.11. The highest BCUT2D eigenvalue weighted by Gasteiger charge is 2.09. The number of amides is 1. The molecule has 0 aliphatic carbocycles. The van der Waals surface area contributed by atoms with E-state index in [9.17, 15) is 4.79 Å². The lowest BCUT2D eigenvalue weighted by molar-refractivity contribution is 0.102. The standard InChI is InChI=1S/C23H21N3O/c1-16-10-11-19(14-17(16)2)23(27)24-22-12-13-26(25-22)15-20-8-5-7-18-6-3-4-9-21(18)20/h3-14H,15H2,1-2H3,(H,24,25,27). The zero-order valence-corrected chi connectivity index (χ0v) is 15.4. The zero-order valence-electron chi connectivity index (χ0n) is 15.4. The fourth-order valence-electron chi connectivity index (χ4n) is 3.19. The van der Waals surface area contributed by atoms with Crippen LogP contribution in [-0.4, -0.2) is 15.7 Å². The molecule has 4 heteroatoms. The number of anilines is 1. The summed E-state index contributed by atoms with van der Waals surface area (Å²) in [6, 6.07) is 22.1. The van der Waals surface area contributed by atoms with Crippen LogP contribution in [0.1, 0.15) is 27.0 Å². The summed E-state index contributed by atoms with van der Waals surface area (Å²) in [6.45, 7) is 4.69. The topological polar surface area (TPSA) is 46.9 Å². The van der Waals surface area contributed by atoms with Crippen molar-refractivity contribution in [1.82, 2.24) is 9.78 Å². The Morgan fingerprint density at radius 3 is 2.63 bits per heavy atom. The molecule has 4 aromatic rings. The number of aryl methyl sites for hydroxylation is 2. The fourth-order valence-corrected chi connectivity index (χ4v) is 3.19. The monoisotopic (exact) mass is 355 g/mol. The lowest BCUT2D eigenvalue weighted by atomic mass is 10.0. The van der Waals surface area contributed by atoms with E-state index in [1.165, 1.54) is 21.9 Å². The van der Waals surface area contributed by atoms with Crippen LogP contribution < -0.4 is 5.32 Å². The molecule has 1 N–H and O–H groups in total. The summed E-state index contributed by atoms with van der Waals surface area (Å²) in [6.07, 6.45) is 1.89. The Balaban J connectivity index is 1.51. The zero-order chi connectivity index (χ0) is 18.8. The third kappa shape index (κ3) is 3.60. The Kier molecular flexibility index (Phi) is 4.47. The van der Waals surface area contributed by atoms with E-state index in [1.54, 1.807) is 0 Å². The molecule has 0 bridgehead atoms. The molecule has 1 amide bonds.